The molecule has 0 fully saturated rings. The highest BCUT2D eigenvalue weighted by molar-refractivity contribution is 7.09. The molecule has 0 aliphatic heterocycles. The zero-order chi connectivity index (χ0) is 12.3. The van der Waals surface area contributed by atoms with Gasteiger partial charge in [-0.25, -0.2) is 4.98 Å². The minimum atomic E-state index is -0.129. The van der Waals surface area contributed by atoms with E-state index in [0.29, 0.717) is 18.2 Å². The van der Waals surface area contributed by atoms with Crippen LogP contribution in [0.5, 0.6) is 0 Å². The average Bonchev–Trinajstić information content (AvgIpc) is 2.78. The molecule has 0 amide bonds. The molecule has 2 heterocycles. The van der Waals surface area contributed by atoms with Crippen LogP contribution in [0.1, 0.15) is 30.5 Å². The Hall–Kier alpha value is -1.69. The summed E-state index contributed by atoms with van der Waals surface area (Å²) in [4.78, 5) is 23.6. The van der Waals surface area contributed by atoms with Crippen LogP contribution < -0.4 is 10.9 Å². The van der Waals surface area contributed by atoms with Crippen molar-refractivity contribution >= 4 is 17.2 Å². The highest BCUT2D eigenvalue weighted by Gasteiger charge is 2.05. The van der Waals surface area contributed by atoms with E-state index in [1.165, 1.54) is 6.07 Å². The number of anilines is 1. The van der Waals surface area contributed by atoms with Crippen LogP contribution in [0.2, 0.25) is 0 Å². The van der Waals surface area contributed by atoms with E-state index in [1.54, 1.807) is 23.0 Å². The van der Waals surface area contributed by atoms with Crippen LogP contribution in [0.4, 0.5) is 5.82 Å². The zero-order valence-electron chi connectivity index (χ0n) is 9.73. The van der Waals surface area contributed by atoms with Crippen molar-refractivity contribution in [3.05, 3.63) is 38.8 Å². The monoisotopic (exact) mass is 250 g/mol. The van der Waals surface area contributed by atoms with E-state index in [4.69, 9.17) is 0 Å². The molecule has 5 nitrogen and oxygen atoms in total. The maximum atomic E-state index is 11.4. The number of aromatic nitrogens is 3. The van der Waals surface area contributed by atoms with Gasteiger partial charge in [0.15, 0.2) is 0 Å². The fourth-order valence-corrected chi connectivity index (χ4v) is 1.88. The Kier molecular flexibility index (Phi) is 3.53. The van der Waals surface area contributed by atoms with Gasteiger partial charge in [-0.3, -0.25) is 9.78 Å². The molecule has 0 aliphatic carbocycles. The van der Waals surface area contributed by atoms with Gasteiger partial charge in [0.1, 0.15) is 11.6 Å². The molecule has 0 aliphatic rings. The summed E-state index contributed by atoms with van der Waals surface area (Å²) in [6.45, 7) is 4.62. The third-order valence-corrected chi connectivity index (χ3v) is 3.01. The average molecular weight is 250 g/mol. The van der Waals surface area contributed by atoms with Gasteiger partial charge >= 0.3 is 0 Å². The highest BCUT2D eigenvalue weighted by Crippen LogP contribution is 2.11. The van der Waals surface area contributed by atoms with Crippen molar-refractivity contribution in [2.24, 2.45) is 0 Å². The number of H-pyrrole nitrogens is 1. The number of hydrogen-bond donors (Lipinski definition) is 2. The predicted octanol–water partition coefficient (Wildman–Crippen LogP) is 1.96. The van der Waals surface area contributed by atoms with Crippen LogP contribution in [0, 0.1) is 0 Å². The van der Waals surface area contributed by atoms with E-state index in [9.17, 15) is 4.79 Å². The molecule has 6 heteroatoms. The molecular weight excluding hydrogens is 236 g/mol. The smallest absolute Gasteiger partial charge is 0.252 e. The first-order chi connectivity index (χ1) is 8.15. The first kappa shape index (κ1) is 11.8. The number of thiazole rings is 1. The molecule has 0 bridgehead atoms. The topological polar surface area (TPSA) is 70.7 Å². The summed E-state index contributed by atoms with van der Waals surface area (Å²) in [6.07, 6.45) is 1.80. The van der Waals surface area contributed by atoms with Gasteiger partial charge in [-0.1, -0.05) is 13.8 Å². The van der Waals surface area contributed by atoms with Gasteiger partial charge in [0.2, 0.25) is 0 Å². The molecule has 0 unspecified atom stereocenters. The van der Waals surface area contributed by atoms with Crippen molar-refractivity contribution in [2.75, 3.05) is 5.32 Å². The second kappa shape index (κ2) is 5.09. The Morgan fingerprint density at radius 3 is 3.00 bits per heavy atom. The quantitative estimate of drug-likeness (QED) is 0.870. The van der Waals surface area contributed by atoms with Gasteiger partial charge < -0.3 is 10.3 Å². The molecule has 0 saturated carbocycles. The second-order valence-corrected chi connectivity index (χ2v) is 4.96. The Balaban J connectivity index is 2.13. The predicted molar refractivity (Wildman–Crippen MR) is 68.4 cm³/mol. The van der Waals surface area contributed by atoms with Crippen molar-refractivity contribution in [1.29, 1.82) is 0 Å². The Morgan fingerprint density at radius 2 is 2.35 bits per heavy atom. The Bertz CT molecular complexity index is 533. The lowest BCUT2D eigenvalue weighted by atomic mass is 10.2. The molecule has 17 heavy (non-hydrogen) atoms. The minimum absolute atomic E-state index is 0.129. The fraction of sp³-hybridized carbons (Fsp3) is 0.364. The number of rotatable bonds is 4. The van der Waals surface area contributed by atoms with E-state index in [2.05, 4.69) is 20.3 Å². The molecule has 0 saturated heterocycles. The normalized spacial score (nSPS) is 10.8. The SMILES string of the molecule is CC(C)c1nc(NCc2cncs2)cc(=O)[nH]1. The first-order valence-corrected chi connectivity index (χ1v) is 6.25. The first-order valence-electron chi connectivity index (χ1n) is 5.37. The third-order valence-electron chi connectivity index (χ3n) is 2.23. The van der Waals surface area contributed by atoms with Crippen LogP contribution in [0.15, 0.2) is 22.6 Å². The molecule has 2 rings (SSSR count). The zero-order valence-corrected chi connectivity index (χ0v) is 10.5. The summed E-state index contributed by atoms with van der Waals surface area (Å²) in [7, 11) is 0. The van der Waals surface area contributed by atoms with E-state index < -0.39 is 0 Å². The van der Waals surface area contributed by atoms with Crippen molar-refractivity contribution in [3.63, 3.8) is 0 Å². The number of nitrogens with one attached hydrogen (secondary N) is 2. The summed E-state index contributed by atoms with van der Waals surface area (Å²) in [5, 5.41) is 3.12. The maximum absolute atomic E-state index is 11.4. The lowest BCUT2D eigenvalue weighted by Crippen LogP contribution is -2.14. The molecule has 0 aromatic carbocycles. The van der Waals surface area contributed by atoms with Crippen LogP contribution in [-0.4, -0.2) is 15.0 Å². The maximum Gasteiger partial charge on any atom is 0.252 e. The van der Waals surface area contributed by atoms with Gasteiger partial charge in [0.05, 0.1) is 12.1 Å². The van der Waals surface area contributed by atoms with Gasteiger partial charge in [-0.2, -0.15) is 0 Å². The van der Waals surface area contributed by atoms with Gasteiger partial charge in [-0.05, 0) is 0 Å². The highest BCUT2D eigenvalue weighted by atomic mass is 32.1. The summed E-state index contributed by atoms with van der Waals surface area (Å²) < 4.78 is 0. The van der Waals surface area contributed by atoms with E-state index in [0.717, 1.165) is 4.88 Å². The van der Waals surface area contributed by atoms with Gasteiger partial charge in [0, 0.05) is 23.1 Å². The second-order valence-electron chi connectivity index (χ2n) is 3.99. The van der Waals surface area contributed by atoms with Crippen LogP contribution >= 0.6 is 11.3 Å². The van der Waals surface area contributed by atoms with Crippen LogP contribution in [0.25, 0.3) is 0 Å². The van der Waals surface area contributed by atoms with Crippen LogP contribution in [0.3, 0.4) is 0 Å². The van der Waals surface area contributed by atoms with E-state index in [1.807, 2.05) is 13.8 Å². The van der Waals surface area contributed by atoms with Crippen molar-refractivity contribution in [2.45, 2.75) is 26.3 Å². The summed E-state index contributed by atoms with van der Waals surface area (Å²) >= 11 is 1.57. The Morgan fingerprint density at radius 1 is 1.53 bits per heavy atom. The van der Waals surface area contributed by atoms with Crippen molar-refractivity contribution in [1.82, 2.24) is 15.0 Å². The lowest BCUT2D eigenvalue weighted by Gasteiger charge is -2.07. The molecule has 0 spiro atoms. The molecular formula is C11H14N4OS. The molecule has 0 radical (unpaired) electrons. The van der Waals surface area contributed by atoms with Crippen molar-refractivity contribution < 1.29 is 0 Å². The molecule has 2 aromatic heterocycles. The molecule has 0 atom stereocenters. The summed E-state index contributed by atoms with van der Waals surface area (Å²) in [5.41, 5.74) is 1.65. The molecule has 90 valence electrons. The third kappa shape index (κ3) is 3.13. The minimum Gasteiger partial charge on any atom is -0.365 e. The molecule has 2 N–H and O–H groups in total. The van der Waals surface area contributed by atoms with Crippen LogP contribution in [-0.2, 0) is 6.54 Å². The van der Waals surface area contributed by atoms with Crippen molar-refractivity contribution in [3.8, 4) is 0 Å². The standard InChI is InChI=1S/C11H14N4OS/c1-7(2)11-14-9(3-10(16)15-11)13-5-8-4-12-6-17-8/h3-4,6-7H,5H2,1-2H3,(H2,13,14,15,16). The lowest BCUT2D eigenvalue weighted by molar-refractivity contribution is 0.767. The number of aromatic amines is 1. The summed E-state index contributed by atoms with van der Waals surface area (Å²) in [5.74, 6) is 1.50. The number of nitrogens with zero attached hydrogens (tertiary/aromatic N) is 2. The molecule has 2 aromatic rings. The number of hydrogen-bond acceptors (Lipinski definition) is 5. The van der Waals surface area contributed by atoms with Gasteiger partial charge in [-0.15, -0.1) is 11.3 Å². The largest absolute Gasteiger partial charge is 0.365 e. The van der Waals surface area contributed by atoms with E-state index >= 15 is 0 Å². The van der Waals surface area contributed by atoms with E-state index in [-0.39, 0.29) is 11.5 Å². The Labute approximate surface area is 103 Å². The fourth-order valence-electron chi connectivity index (χ4n) is 1.35. The summed E-state index contributed by atoms with van der Waals surface area (Å²) in [6, 6.07) is 1.47. The van der Waals surface area contributed by atoms with Gasteiger partial charge in [0.25, 0.3) is 5.56 Å².